The maximum atomic E-state index is 14.2. The fourth-order valence-electron chi connectivity index (χ4n) is 2.44. The van der Waals surface area contributed by atoms with Crippen LogP contribution in [0.3, 0.4) is 0 Å². The molecule has 1 aliphatic rings. The largest absolute Gasteiger partial charge is 0.491 e. The highest BCUT2D eigenvalue weighted by Gasteiger charge is 2.61. The normalized spacial score (nSPS) is 29.7. The van der Waals surface area contributed by atoms with Gasteiger partial charge in [-0.3, -0.25) is 0 Å². The minimum atomic E-state index is -5.39. The summed E-state index contributed by atoms with van der Waals surface area (Å²) >= 11 is 0. The molecule has 1 aromatic carbocycles. The van der Waals surface area contributed by atoms with E-state index >= 15 is 0 Å². The van der Waals surface area contributed by atoms with Gasteiger partial charge >= 0.3 is 18.3 Å². The molecule has 146 valence electrons. The van der Waals surface area contributed by atoms with Gasteiger partial charge in [-0.05, 0) is 19.1 Å². The van der Waals surface area contributed by atoms with Gasteiger partial charge in [-0.15, -0.1) is 0 Å². The Hall–Kier alpha value is -1.92. The first-order valence-electron chi connectivity index (χ1n) is 6.88. The molecule has 2 rings (SSSR count). The van der Waals surface area contributed by atoms with E-state index in [9.17, 15) is 40.6 Å². The zero-order valence-corrected chi connectivity index (χ0v) is 12.9. The molecule has 1 saturated heterocycles. The summed E-state index contributed by atoms with van der Waals surface area (Å²) in [5.41, 5.74) is -1.01. The number of halogens is 7. The van der Waals surface area contributed by atoms with E-state index in [4.69, 9.17) is 10.5 Å². The van der Waals surface area contributed by atoms with Crippen LogP contribution in [0, 0.1) is 5.82 Å². The molecule has 12 heteroatoms. The van der Waals surface area contributed by atoms with Gasteiger partial charge in [0.25, 0.3) is 0 Å². The van der Waals surface area contributed by atoms with E-state index in [1.165, 1.54) is 0 Å². The van der Waals surface area contributed by atoms with Crippen LogP contribution >= 0.6 is 0 Å². The molecule has 5 nitrogen and oxygen atoms in total. The van der Waals surface area contributed by atoms with Crippen molar-refractivity contribution in [2.75, 3.05) is 6.61 Å². The van der Waals surface area contributed by atoms with Crippen molar-refractivity contribution in [3.8, 4) is 0 Å². The van der Waals surface area contributed by atoms with Crippen LogP contribution in [-0.2, 0) is 26.0 Å². The molecule has 0 bridgehead atoms. The second-order valence-corrected chi connectivity index (χ2v) is 5.86. The van der Waals surface area contributed by atoms with E-state index in [-0.39, 0.29) is 6.07 Å². The summed E-state index contributed by atoms with van der Waals surface area (Å²) in [5.74, 6) is -4.14. The van der Waals surface area contributed by atoms with Crippen LogP contribution in [0.15, 0.2) is 18.2 Å². The fraction of sp³-hybridized carbons (Fsp3) is 0.500. The molecule has 0 amide bonds. The highest BCUT2D eigenvalue weighted by molar-refractivity contribution is 5.75. The summed E-state index contributed by atoms with van der Waals surface area (Å²) < 4.78 is 97.6. The number of ether oxygens (including phenoxy) is 2. The van der Waals surface area contributed by atoms with Crippen LogP contribution in [0.4, 0.5) is 30.7 Å². The van der Waals surface area contributed by atoms with Crippen molar-refractivity contribution in [3.63, 3.8) is 0 Å². The molecule has 3 atom stereocenters. The van der Waals surface area contributed by atoms with Gasteiger partial charge < -0.3 is 20.3 Å². The van der Waals surface area contributed by atoms with Crippen LogP contribution in [-0.4, -0.2) is 35.8 Å². The zero-order chi connectivity index (χ0) is 20.1. The Labute approximate surface area is 141 Å². The molecule has 0 aromatic heterocycles. The molecule has 3 unspecified atom stereocenters. The van der Waals surface area contributed by atoms with Crippen molar-refractivity contribution in [2.24, 2.45) is 5.73 Å². The molecule has 1 aliphatic heterocycles. The number of benzene rings is 1. The fourth-order valence-corrected chi connectivity index (χ4v) is 2.44. The molecule has 1 aromatic rings. The predicted molar refractivity (Wildman–Crippen MR) is 69.8 cm³/mol. The standard InChI is InChI=1S/C14H12F7NO4/c1-11(24)10(26-9(23)14(19,20)21)25-5-12(11,22)7-3-2-6(4-8(7)15)13(16,17)18/h2-4,10,24H,5,22H2,1H3. The van der Waals surface area contributed by atoms with Crippen molar-refractivity contribution in [3.05, 3.63) is 35.1 Å². The van der Waals surface area contributed by atoms with Gasteiger partial charge in [0, 0.05) is 5.56 Å². The van der Waals surface area contributed by atoms with Gasteiger partial charge in [0.1, 0.15) is 17.0 Å². The lowest BCUT2D eigenvalue weighted by Gasteiger charge is -2.37. The van der Waals surface area contributed by atoms with Crippen LogP contribution in [0.2, 0.25) is 0 Å². The number of aliphatic hydroxyl groups is 1. The van der Waals surface area contributed by atoms with Gasteiger partial charge in [-0.25, -0.2) is 9.18 Å². The summed E-state index contributed by atoms with van der Waals surface area (Å²) in [7, 11) is 0. The first-order chi connectivity index (χ1) is 11.6. The maximum Gasteiger partial charge on any atom is 0.491 e. The predicted octanol–water partition coefficient (Wildman–Crippen LogP) is 2.21. The Morgan fingerprint density at radius 3 is 2.35 bits per heavy atom. The second-order valence-electron chi connectivity index (χ2n) is 5.86. The number of carbonyl (C=O) groups is 1. The number of hydrogen-bond donors (Lipinski definition) is 2. The van der Waals surface area contributed by atoms with Gasteiger partial charge in [-0.1, -0.05) is 6.07 Å². The number of alkyl halides is 6. The van der Waals surface area contributed by atoms with Crippen LogP contribution < -0.4 is 5.73 Å². The quantitative estimate of drug-likeness (QED) is 0.597. The first-order valence-corrected chi connectivity index (χ1v) is 6.88. The third kappa shape index (κ3) is 3.35. The molecule has 1 heterocycles. The van der Waals surface area contributed by atoms with Crippen LogP contribution in [0.5, 0.6) is 0 Å². The molecular formula is C14H12F7NO4. The third-order valence-corrected chi connectivity index (χ3v) is 4.05. The number of carbonyl (C=O) groups excluding carboxylic acids is 1. The lowest BCUT2D eigenvalue weighted by molar-refractivity contribution is -0.239. The lowest BCUT2D eigenvalue weighted by Crippen LogP contribution is -2.59. The summed E-state index contributed by atoms with van der Waals surface area (Å²) in [5, 5.41) is 10.4. The van der Waals surface area contributed by atoms with E-state index in [0.29, 0.717) is 12.1 Å². The molecule has 0 saturated carbocycles. The SMILES string of the molecule is CC1(O)C(OC(=O)C(F)(F)F)OCC1(N)c1ccc(C(F)(F)F)cc1F. The van der Waals surface area contributed by atoms with Crippen molar-refractivity contribution < 1.29 is 50.1 Å². The summed E-state index contributed by atoms with van der Waals surface area (Å²) in [4.78, 5) is 10.9. The van der Waals surface area contributed by atoms with E-state index in [2.05, 4.69) is 4.74 Å². The minimum Gasteiger partial charge on any atom is -0.426 e. The summed E-state index contributed by atoms with van der Waals surface area (Å²) in [6.45, 7) is -0.0104. The first kappa shape index (κ1) is 20.4. The van der Waals surface area contributed by atoms with Gasteiger partial charge in [0.2, 0.25) is 6.29 Å². The minimum absolute atomic E-state index is 0.120. The van der Waals surface area contributed by atoms with Crippen LogP contribution in [0.25, 0.3) is 0 Å². The molecule has 0 spiro atoms. The molecular weight excluding hydrogens is 379 g/mol. The Kier molecular flexibility index (Phi) is 4.76. The molecule has 1 fully saturated rings. The highest BCUT2D eigenvalue weighted by Crippen LogP contribution is 2.43. The van der Waals surface area contributed by atoms with E-state index in [1.54, 1.807) is 0 Å². The van der Waals surface area contributed by atoms with E-state index < -0.39 is 59.3 Å². The summed E-state index contributed by atoms with van der Waals surface area (Å²) in [6.07, 6.45) is -12.5. The molecule has 3 N–H and O–H groups in total. The number of esters is 1. The zero-order valence-electron chi connectivity index (χ0n) is 12.9. The van der Waals surface area contributed by atoms with Crippen molar-refractivity contribution in [1.29, 1.82) is 0 Å². The summed E-state index contributed by atoms with van der Waals surface area (Å²) in [6, 6.07) is 1.23. The Bertz CT molecular complexity index is 716. The van der Waals surface area contributed by atoms with Gasteiger partial charge in [0.15, 0.2) is 0 Å². The molecule has 0 aliphatic carbocycles. The third-order valence-electron chi connectivity index (χ3n) is 4.05. The average molecular weight is 391 g/mol. The monoisotopic (exact) mass is 391 g/mol. The Balaban J connectivity index is 2.37. The van der Waals surface area contributed by atoms with Gasteiger partial charge in [-0.2, -0.15) is 26.3 Å². The van der Waals surface area contributed by atoms with Crippen LogP contribution in [0.1, 0.15) is 18.1 Å². The lowest BCUT2D eigenvalue weighted by atomic mass is 9.77. The number of rotatable bonds is 2. The second kappa shape index (κ2) is 6.06. The van der Waals surface area contributed by atoms with Gasteiger partial charge in [0.05, 0.1) is 12.2 Å². The van der Waals surface area contributed by atoms with Crippen molar-refractivity contribution >= 4 is 5.97 Å². The Morgan fingerprint density at radius 2 is 1.88 bits per heavy atom. The highest BCUT2D eigenvalue weighted by atomic mass is 19.4. The van der Waals surface area contributed by atoms with E-state index in [1.807, 2.05) is 0 Å². The maximum absolute atomic E-state index is 14.2. The van der Waals surface area contributed by atoms with Crippen molar-refractivity contribution in [2.45, 2.75) is 36.7 Å². The van der Waals surface area contributed by atoms with Crippen molar-refractivity contribution in [1.82, 2.24) is 0 Å². The average Bonchev–Trinajstić information content (AvgIpc) is 2.69. The smallest absolute Gasteiger partial charge is 0.426 e. The topological polar surface area (TPSA) is 81.8 Å². The Morgan fingerprint density at radius 1 is 1.31 bits per heavy atom. The molecule has 0 radical (unpaired) electrons. The van der Waals surface area contributed by atoms with E-state index in [0.717, 1.165) is 6.92 Å². The number of hydrogen-bond acceptors (Lipinski definition) is 5. The number of nitrogens with two attached hydrogens (primary N) is 1. The molecule has 26 heavy (non-hydrogen) atoms.